The minimum Gasteiger partial charge on any atom is -0.347 e. The molecule has 0 unspecified atom stereocenters. The zero-order chi connectivity index (χ0) is 17.9. The SMILES string of the molecule is Cc1cccc2nc(C(=O)NCc3ccc(Cn4cncn4)cc3)cn12. The summed E-state index contributed by atoms with van der Waals surface area (Å²) < 4.78 is 3.68. The Morgan fingerprint density at radius 2 is 1.92 bits per heavy atom. The van der Waals surface area contributed by atoms with Crippen LogP contribution in [0.1, 0.15) is 27.3 Å². The standard InChI is InChI=1S/C19H18N6O/c1-14-3-2-4-18-23-17(11-25(14)18)19(26)21-9-15-5-7-16(8-6-15)10-24-13-20-12-22-24/h2-8,11-13H,9-10H2,1H3,(H,21,26). The van der Waals surface area contributed by atoms with Gasteiger partial charge >= 0.3 is 0 Å². The highest BCUT2D eigenvalue weighted by Gasteiger charge is 2.11. The molecule has 7 heteroatoms. The highest BCUT2D eigenvalue weighted by Crippen LogP contribution is 2.09. The van der Waals surface area contributed by atoms with E-state index in [4.69, 9.17) is 0 Å². The molecule has 0 spiro atoms. The number of benzene rings is 1. The number of pyridine rings is 1. The maximum atomic E-state index is 12.4. The van der Waals surface area contributed by atoms with E-state index in [0.717, 1.165) is 22.5 Å². The number of rotatable bonds is 5. The van der Waals surface area contributed by atoms with Crippen molar-refractivity contribution < 1.29 is 4.79 Å². The number of fused-ring (bicyclic) bond motifs is 1. The van der Waals surface area contributed by atoms with Crippen molar-refractivity contribution in [1.82, 2.24) is 29.5 Å². The van der Waals surface area contributed by atoms with Crippen molar-refractivity contribution >= 4 is 11.6 Å². The Morgan fingerprint density at radius 3 is 2.65 bits per heavy atom. The number of carbonyl (C=O) groups is 1. The van der Waals surface area contributed by atoms with Crippen molar-refractivity contribution in [1.29, 1.82) is 0 Å². The summed E-state index contributed by atoms with van der Waals surface area (Å²) in [7, 11) is 0. The van der Waals surface area contributed by atoms with Crippen molar-refractivity contribution in [2.45, 2.75) is 20.0 Å². The van der Waals surface area contributed by atoms with Gasteiger partial charge in [0, 0.05) is 18.4 Å². The van der Waals surface area contributed by atoms with Crippen molar-refractivity contribution in [3.63, 3.8) is 0 Å². The van der Waals surface area contributed by atoms with E-state index in [1.54, 1.807) is 17.2 Å². The van der Waals surface area contributed by atoms with E-state index in [9.17, 15) is 4.79 Å². The summed E-state index contributed by atoms with van der Waals surface area (Å²) in [5.41, 5.74) is 4.38. The summed E-state index contributed by atoms with van der Waals surface area (Å²) in [4.78, 5) is 20.7. The highest BCUT2D eigenvalue weighted by molar-refractivity contribution is 5.92. The van der Waals surface area contributed by atoms with Crippen LogP contribution in [0.2, 0.25) is 0 Å². The van der Waals surface area contributed by atoms with Crippen LogP contribution in [0.4, 0.5) is 0 Å². The largest absolute Gasteiger partial charge is 0.347 e. The Morgan fingerprint density at radius 1 is 1.12 bits per heavy atom. The molecule has 0 atom stereocenters. The third-order valence-electron chi connectivity index (χ3n) is 4.22. The summed E-state index contributed by atoms with van der Waals surface area (Å²) in [6.07, 6.45) is 4.97. The summed E-state index contributed by atoms with van der Waals surface area (Å²) in [5.74, 6) is -0.181. The monoisotopic (exact) mass is 346 g/mol. The van der Waals surface area contributed by atoms with Crippen LogP contribution in [-0.4, -0.2) is 30.1 Å². The maximum Gasteiger partial charge on any atom is 0.271 e. The molecule has 0 aliphatic carbocycles. The van der Waals surface area contributed by atoms with E-state index in [2.05, 4.69) is 20.4 Å². The topological polar surface area (TPSA) is 77.1 Å². The van der Waals surface area contributed by atoms with Gasteiger partial charge in [0.25, 0.3) is 5.91 Å². The fraction of sp³-hybridized carbons (Fsp3) is 0.158. The number of hydrogen-bond donors (Lipinski definition) is 1. The third-order valence-corrected chi connectivity index (χ3v) is 4.22. The van der Waals surface area contributed by atoms with Crippen LogP contribution in [0.3, 0.4) is 0 Å². The van der Waals surface area contributed by atoms with Crippen LogP contribution >= 0.6 is 0 Å². The molecule has 0 saturated heterocycles. The zero-order valence-electron chi connectivity index (χ0n) is 14.3. The second-order valence-corrected chi connectivity index (χ2v) is 6.11. The first-order valence-corrected chi connectivity index (χ1v) is 8.32. The normalized spacial score (nSPS) is 11.0. The predicted molar refractivity (Wildman–Crippen MR) is 96.7 cm³/mol. The molecule has 1 N–H and O–H groups in total. The molecule has 4 aromatic rings. The predicted octanol–water partition coefficient (Wildman–Crippen LogP) is 2.21. The first-order valence-electron chi connectivity index (χ1n) is 8.32. The van der Waals surface area contributed by atoms with E-state index in [1.807, 2.05) is 53.8 Å². The van der Waals surface area contributed by atoms with Crippen LogP contribution in [0, 0.1) is 6.92 Å². The molecule has 4 rings (SSSR count). The van der Waals surface area contributed by atoms with Gasteiger partial charge in [-0.05, 0) is 30.2 Å². The van der Waals surface area contributed by atoms with Gasteiger partial charge in [0.1, 0.15) is 24.0 Å². The van der Waals surface area contributed by atoms with Gasteiger partial charge in [0.15, 0.2) is 0 Å². The number of aryl methyl sites for hydroxylation is 1. The molecule has 0 bridgehead atoms. The average molecular weight is 346 g/mol. The molecule has 26 heavy (non-hydrogen) atoms. The molecular weight excluding hydrogens is 328 g/mol. The number of nitrogens with zero attached hydrogens (tertiary/aromatic N) is 5. The summed E-state index contributed by atoms with van der Waals surface area (Å²) in [5, 5.41) is 7.01. The highest BCUT2D eigenvalue weighted by atomic mass is 16.1. The van der Waals surface area contributed by atoms with E-state index >= 15 is 0 Å². The van der Waals surface area contributed by atoms with Gasteiger partial charge in [-0.15, -0.1) is 0 Å². The van der Waals surface area contributed by atoms with Crippen molar-refractivity contribution in [3.8, 4) is 0 Å². The second kappa shape index (κ2) is 6.79. The summed E-state index contributed by atoms with van der Waals surface area (Å²) >= 11 is 0. The van der Waals surface area contributed by atoms with Crippen LogP contribution in [0.15, 0.2) is 61.3 Å². The summed E-state index contributed by atoms with van der Waals surface area (Å²) in [6, 6.07) is 13.9. The van der Waals surface area contributed by atoms with Gasteiger partial charge in [0.2, 0.25) is 0 Å². The average Bonchev–Trinajstić information content (AvgIpc) is 3.31. The van der Waals surface area contributed by atoms with Gasteiger partial charge in [-0.1, -0.05) is 30.3 Å². The lowest BCUT2D eigenvalue weighted by Gasteiger charge is -2.05. The maximum absolute atomic E-state index is 12.4. The summed E-state index contributed by atoms with van der Waals surface area (Å²) in [6.45, 7) is 3.11. The molecule has 3 heterocycles. The number of amides is 1. The smallest absolute Gasteiger partial charge is 0.271 e. The van der Waals surface area contributed by atoms with Crippen molar-refractivity contribution in [3.05, 3.63) is 83.8 Å². The second-order valence-electron chi connectivity index (χ2n) is 6.11. The van der Waals surface area contributed by atoms with Crippen molar-refractivity contribution in [2.75, 3.05) is 0 Å². The van der Waals surface area contributed by atoms with Gasteiger partial charge in [-0.25, -0.2) is 14.6 Å². The molecule has 0 saturated carbocycles. The number of carbonyl (C=O) groups excluding carboxylic acids is 1. The lowest BCUT2D eigenvalue weighted by Crippen LogP contribution is -2.23. The molecule has 0 radical (unpaired) electrons. The first-order chi connectivity index (χ1) is 12.7. The molecule has 1 amide bonds. The van der Waals surface area contributed by atoms with Gasteiger partial charge in [-0.3, -0.25) is 4.79 Å². The Labute approximate surface area is 150 Å². The number of aromatic nitrogens is 5. The van der Waals surface area contributed by atoms with Gasteiger partial charge in [-0.2, -0.15) is 5.10 Å². The van der Waals surface area contributed by atoms with Crippen LogP contribution in [0.5, 0.6) is 0 Å². The van der Waals surface area contributed by atoms with Crippen LogP contribution in [0.25, 0.3) is 5.65 Å². The van der Waals surface area contributed by atoms with Crippen molar-refractivity contribution in [2.24, 2.45) is 0 Å². The number of nitrogens with one attached hydrogen (secondary N) is 1. The first kappa shape index (κ1) is 16.0. The van der Waals surface area contributed by atoms with E-state index in [0.29, 0.717) is 18.8 Å². The molecule has 130 valence electrons. The lowest BCUT2D eigenvalue weighted by molar-refractivity contribution is 0.0946. The lowest BCUT2D eigenvalue weighted by atomic mass is 10.1. The van der Waals surface area contributed by atoms with Crippen LogP contribution < -0.4 is 5.32 Å². The Hall–Kier alpha value is -3.48. The fourth-order valence-corrected chi connectivity index (χ4v) is 2.79. The van der Waals surface area contributed by atoms with Gasteiger partial charge < -0.3 is 9.72 Å². The van der Waals surface area contributed by atoms with E-state index in [1.165, 1.54) is 6.33 Å². The molecule has 0 fully saturated rings. The minimum atomic E-state index is -0.181. The Kier molecular flexibility index (Phi) is 4.18. The van der Waals surface area contributed by atoms with E-state index in [-0.39, 0.29) is 5.91 Å². The van der Waals surface area contributed by atoms with Crippen LogP contribution in [-0.2, 0) is 13.1 Å². The molecule has 7 nitrogen and oxygen atoms in total. The Balaban J connectivity index is 1.39. The van der Waals surface area contributed by atoms with E-state index < -0.39 is 0 Å². The third kappa shape index (κ3) is 3.32. The quantitative estimate of drug-likeness (QED) is 0.601. The fourth-order valence-electron chi connectivity index (χ4n) is 2.79. The number of hydrogen-bond acceptors (Lipinski definition) is 4. The molecule has 1 aromatic carbocycles. The molecule has 3 aromatic heterocycles. The van der Waals surface area contributed by atoms with Gasteiger partial charge in [0.05, 0.1) is 6.54 Å². The molecular formula is C19H18N6O. The minimum absolute atomic E-state index is 0.181. The molecule has 0 aliphatic rings. The Bertz CT molecular complexity index is 1030. The number of imidazole rings is 1. The zero-order valence-corrected chi connectivity index (χ0v) is 14.3. The molecule has 0 aliphatic heterocycles.